The first-order valence-electron chi connectivity index (χ1n) is 9.38. The molecule has 1 aromatic heterocycles. The van der Waals surface area contributed by atoms with Crippen LogP contribution < -0.4 is 16.0 Å². The van der Waals surface area contributed by atoms with Crippen molar-refractivity contribution >= 4 is 22.8 Å². The van der Waals surface area contributed by atoms with E-state index in [4.69, 9.17) is 0 Å². The second kappa shape index (κ2) is 7.07. The molecule has 7 nitrogen and oxygen atoms in total. The standard InChI is InChI=1S/C19H25N5O2/c1-11(18(25)22-12-6-8-20-9-7-12)21-19(26)14-10-13(14)17-23-15-4-2-3-5-16(15)24-17/h2-5,11-14,20H,6-10H2,1H3,(H,21,26)(H,22,25)(H,23,24)/t11-,13-,14-/m0/s1. The quantitative estimate of drug-likeness (QED) is 0.644. The van der Waals surface area contributed by atoms with Crippen LogP contribution in [-0.2, 0) is 9.59 Å². The Morgan fingerprint density at radius 1 is 1.23 bits per heavy atom. The molecule has 26 heavy (non-hydrogen) atoms. The van der Waals surface area contributed by atoms with Crippen molar-refractivity contribution < 1.29 is 9.59 Å². The fourth-order valence-corrected chi connectivity index (χ4v) is 3.61. The fraction of sp³-hybridized carbons (Fsp3) is 0.526. The van der Waals surface area contributed by atoms with Gasteiger partial charge in [-0.3, -0.25) is 9.59 Å². The number of H-pyrrole nitrogens is 1. The van der Waals surface area contributed by atoms with Gasteiger partial charge in [0.15, 0.2) is 0 Å². The molecule has 0 bridgehead atoms. The maximum atomic E-state index is 12.5. The monoisotopic (exact) mass is 355 g/mol. The average molecular weight is 355 g/mol. The zero-order chi connectivity index (χ0) is 18.1. The predicted molar refractivity (Wildman–Crippen MR) is 98.6 cm³/mol. The number of aromatic amines is 1. The van der Waals surface area contributed by atoms with Crippen LogP contribution in [0.25, 0.3) is 11.0 Å². The summed E-state index contributed by atoms with van der Waals surface area (Å²) in [4.78, 5) is 32.6. The predicted octanol–water partition coefficient (Wildman–Crippen LogP) is 1.04. The molecule has 0 radical (unpaired) electrons. The summed E-state index contributed by atoms with van der Waals surface area (Å²) in [5.74, 6) is 0.694. The smallest absolute Gasteiger partial charge is 0.242 e. The molecule has 2 amide bonds. The zero-order valence-corrected chi connectivity index (χ0v) is 14.9. The number of imidazole rings is 1. The van der Waals surface area contributed by atoms with E-state index < -0.39 is 6.04 Å². The molecular weight excluding hydrogens is 330 g/mol. The van der Waals surface area contributed by atoms with Gasteiger partial charge in [0.05, 0.1) is 11.0 Å². The molecule has 1 aliphatic heterocycles. The number of carbonyl (C=O) groups is 2. The third-order valence-electron chi connectivity index (χ3n) is 5.32. The van der Waals surface area contributed by atoms with Gasteiger partial charge in [-0.25, -0.2) is 4.98 Å². The minimum Gasteiger partial charge on any atom is -0.351 e. The number of amides is 2. The lowest BCUT2D eigenvalue weighted by molar-refractivity contribution is -0.129. The fourth-order valence-electron chi connectivity index (χ4n) is 3.61. The number of nitrogens with one attached hydrogen (secondary N) is 4. The number of hydrogen-bond acceptors (Lipinski definition) is 4. The molecule has 2 heterocycles. The van der Waals surface area contributed by atoms with Crippen LogP contribution in [0.5, 0.6) is 0 Å². The molecule has 1 saturated heterocycles. The number of benzene rings is 1. The van der Waals surface area contributed by atoms with E-state index in [0.29, 0.717) is 0 Å². The van der Waals surface area contributed by atoms with Crippen LogP contribution in [0.1, 0.15) is 37.9 Å². The molecule has 7 heteroatoms. The second-order valence-electron chi connectivity index (χ2n) is 7.35. The van der Waals surface area contributed by atoms with E-state index in [1.54, 1.807) is 6.92 Å². The Balaban J connectivity index is 1.30. The minimum atomic E-state index is -0.519. The molecule has 1 aromatic carbocycles. The van der Waals surface area contributed by atoms with Gasteiger partial charge in [-0.1, -0.05) is 12.1 Å². The third kappa shape index (κ3) is 3.58. The summed E-state index contributed by atoms with van der Waals surface area (Å²) >= 11 is 0. The van der Waals surface area contributed by atoms with Crippen molar-refractivity contribution in [2.75, 3.05) is 13.1 Å². The maximum Gasteiger partial charge on any atom is 0.242 e. The Bertz CT molecular complexity index is 778. The highest BCUT2D eigenvalue weighted by molar-refractivity contribution is 5.90. The second-order valence-corrected chi connectivity index (χ2v) is 7.35. The number of nitrogens with zero attached hydrogens (tertiary/aromatic N) is 1. The Morgan fingerprint density at radius 3 is 2.77 bits per heavy atom. The molecule has 0 spiro atoms. The van der Waals surface area contributed by atoms with E-state index in [0.717, 1.165) is 49.2 Å². The largest absolute Gasteiger partial charge is 0.351 e. The molecule has 4 rings (SSSR count). The van der Waals surface area contributed by atoms with Crippen molar-refractivity contribution in [3.8, 4) is 0 Å². The summed E-state index contributed by atoms with van der Waals surface area (Å²) in [6, 6.07) is 7.54. The number of fused-ring (bicyclic) bond motifs is 1. The highest BCUT2D eigenvalue weighted by atomic mass is 16.2. The number of aromatic nitrogens is 2. The van der Waals surface area contributed by atoms with E-state index in [1.807, 2.05) is 24.3 Å². The molecule has 1 aliphatic carbocycles. The Hall–Kier alpha value is -2.41. The molecule has 2 fully saturated rings. The minimum absolute atomic E-state index is 0.0663. The van der Waals surface area contributed by atoms with Crippen LogP contribution in [0.4, 0.5) is 0 Å². The summed E-state index contributed by atoms with van der Waals surface area (Å²) in [6.07, 6.45) is 2.64. The summed E-state index contributed by atoms with van der Waals surface area (Å²) in [5.41, 5.74) is 1.91. The van der Waals surface area contributed by atoms with Gasteiger partial charge in [-0.2, -0.15) is 0 Å². The molecular formula is C19H25N5O2. The lowest BCUT2D eigenvalue weighted by Crippen LogP contribution is -2.50. The number of rotatable bonds is 5. The van der Waals surface area contributed by atoms with Crippen molar-refractivity contribution in [1.29, 1.82) is 0 Å². The van der Waals surface area contributed by atoms with Gasteiger partial charge in [0.1, 0.15) is 11.9 Å². The maximum absolute atomic E-state index is 12.5. The van der Waals surface area contributed by atoms with Crippen LogP contribution in [0.2, 0.25) is 0 Å². The normalized spacial score (nSPS) is 24.2. The van der Waals surface area contributed by atoms with Crippen molar-refractivity contribution in [3.05, 3.63) is 30.1 Å². The van der Waals surface area contributed by atoms with E-state index in [-0.39, 0.29) is 29.7 Å². The first kappa shape index (κ1) is 17.0. The average Bonchev–Trinajstić information content (AvgIpc) is 3.34. The SMILES string of the molecule is C[C@H](NC(=O)[C@H]1C[C@@H]1c1nc2ccccc2[nH]1)C(=O)NC1CCNCC1. The first-order valence-corrected chi connectivity index (χ1v) is 9.38. The van der Waals surface area contributed by atoms with Crippen molar-refractivity contribution in [2.45, 2.75) is 44.2 Å². The van der Waals surface area contributed by atoms with Gasteiger partial charge in [0.2, 0.25) is 11.8 Å². The van der Waals surface area contributed by atoms with Gasteiger partial charge >= 0.3 is 0 Å². The van der Waals surface area contributed by atoms with Crippen molar-refractivity contribution in [2.24, 2.45) is 5.92 Å². The van der Waals surface area contributed by atoms with E-state index in [2.05, 4.69) is 25.9 Å². The van der Waals surface area contributed by atoms with Gasteiger partial charge in [-0.15, -0.1) is 0 Å². The molecule has 4 N–H and O–H groups in total. The van der Waals surface area contributed by atoms with E-state index in [9.17, 15) is 9.59 Å². The van der Waals surface area contributed by atoms with E-state index >= 15 is 0 Å². The van der Waals surface area contributed by atoms with Crippen LogP contribution in [0.15, 0.2) is 24.3 Å². The summed E-state index contributed by atoms with van der Waals surface area (Å²) in [6.45, 7) is 3.59. The van der Waals surface area contributed by atoms with Crippen molar-refractivity contribution in [1.82, 2.24) is 25.9 Å². The van der Waals surface area contributed by atoms with Gasteiger partial charge < -0.3 is 20.9 Å². The van der Waals surface area contributed by atoms with Crippen LogP contribution in [-0.4, -0.2) is 47.0 Å². The molecule has 138 valence electrons. The third-order valence-corrected chi connectivity index (χ3v) is 5.32. The number of piperidine rings is 1. The molecule has 2 aromatic rings. The lowest BCUT2D eigenvalue weighted by atomic mass is 10.1. The lowest BCUT2D eigenvalue weighted by Gasteiger charge is -2.25. The zero-order valence-electron chi connectivity index (χ0n) is 14.9. The number of hydrogen-bond donors (Lipinski definition) is 4. The first-order chi connectivity index (χ1) is 12.6. The highest BCUT2D eigenvalue weighted by Gasteiger charge is 2.46. The summed E-state index contributed by atoms with van der Waals surface area (Å²) in [5, 5.41) is 9.16. The van der Waals surface area contributed by atoms with Crippen LogP contribution in [0, 0.1) is 5.92 Å². The van der Waals surface area contributed by atoms with Crippen LogP contribution in [0.3, 0.4) is 0 Å². The topological polar surface area (TPSA) is 98.9 Å². The molecule has 3 atom stereocenters. The van der Waals surface area contributed by atoms with Gasteiger partial charge in [-0.05, 0) is 51.4 Å². The summed E-state index contributed by atoms with van der Waals surface area (Å²) in [7, 11) is 0. The molecule has 1 saturated carbocycles. The van der Waals surface area contributed by atoms with E-state index in [1.165, 1.54) is 0 Å². The number of carbonyl (C=O) groups excluding carboxylic acids is 2. The molecule has 2 aliphatic rings. The Morgan fingerprint density at radius 2 is 2.00 bits per heavy atom. The molecule has 0 unspecified atom stereocenters. The van der Waals surface area contributed by atoms with Crippen LogP contribution >= 0.6 is 0 Å². The Kier molecular flexibility index (Phi) is 4.63. The van der Waals surface area contributed by atoms with Gasteiger partial charge in [0.25, 0.3) is 0 Å². The highest BCUT2D eigenvalue weighted by Crippen LogP contribution is 2.46. The van der Waals surface area contributed by atoms with Crippen molar-refractivity contribution in [3.63, 3.8) is 0 Å². The Labute approximate surface area is 152 Å². The van der Waals surface area contributed by atoms with Gasteiger partial charge in [0, 0.05) is 17.9 Å². The summed E-state index contributed by atoms with van der Waals surface area (Å²) < 4.78 is 0. The number of para-hydroxylation sites is 2.